The van der Waals surface area contributed by atoms with Crippen molar-refractivity contribution in [2.45, 2.75) is 12.6 Å². The molecule has 1 aliphatic rings. The van der Waals surface area contributed by atoms with Crippen molar-refractivity contribution in [2.75, 3.05) is 7.11 Å². The predicted molar refractivity (Wildman–Crippen MR) is 118 cm³/mol. The molecule has 32 heavy (non-hydrogen) atoms. The highest BCUT2D eigenvalue weighted by molar-refractivity contribution is 6.46. The van der Waals surface area contributed by atoms with Crippen LogP contribution in [0.4, 0.5) is 0 Å². The van der Waals surface area contributed by atoms with Crippen molar-refractivity contribution < 1.29 is 24.5 Å². The van der Waals surface area contributed by atoms with Crippen LogP contribution in [0.1, 0.15) is 22.9 Å². The van der Waals surface area contributed by atoms with E-state index in [1.165, 1.54) is 30.2 Å². The van der Waals surface area contributed by atoms with Gasteiger partial charge in [0, 0.05) is 11.2 Å². The van der Waals surface area contributed by atoms with E-state index < -0.39 is 23.5 Å². The van der Waals surface area contributed by atoms with Crippen molar-refractivity contribution in [3.63, 3.8) is 0 Å². The minimum atomic E-state index is -0.902. The van der Waals surface area contributed by atoms with Gasteiger partial charge in [-0.15, -0.1) is 0 Å². The van der Waals surface area contributed by atoms with Crippen LogP contribution in [0.15, 0.2) is 72.4 Å². The first-order chi connectivity index (χ1) is 15.4. The van der Waals surface area contributed by atoms with Gasteiger partial charge in [-0.25, -0.2) is 0 Å². The summed E-state index contributed by atoms with van der Waals surface area (Å²) in [4.78, 5) is 31.7. The number of carbonyl (C=O) groups excluding carboxylic acids is 2. The van der Waals surface area contributed by atoms with Crippen LogP contribution in [0.2, 0.25) is 5.02 Å². The van der Waals surface area contributed by atoms with E-state index in [0.29, 0.717) is 22.0 Å². The molecule has 2 heterocycles. The Balaban J connectivity index is 1.91. The van der Waals surface area contributed by atoms with Gasteiger partial charge in [-0.05, 0) is 48.0 Å². The third kappa shape index (κ3) is 3.90. The Labute approximate surface area is 189 Å². The lowest BCUT2D eigenvalue weighted by molar-refractivity contribution is -0.140. The van der Waals surface area contributed by atoms with Crippen LogP contribution >= 0.6 is 11.6 Å². The van der Waals surface area contributed by atoms with E-state index in [0.717, 1.165) is 0 Å². The van der Waals surface area contributed by atoms with Crippen LogP contribution in [0.5, 0.6) is 11.5 Å². The number of likely N-dealkylation sites (tertiary alicyclic amines) is 1. The number of hydrogen-bond donors (Lipinski definition) is 2. The van der Waals surface area contributed by atoms with Crippen molar-refractivity contribution in [3.05, 3.63) is 94.3 Å². The monoisotopic (exact) mass is 450 g/mol. The Bertz CT molecular complexity index is 1210. The largest absolute Gasteiger partial charge is 0.508 e. The van der Waals surface area contributed by atoms with Gasteiger partial charge < -0.3 is 19.8 Å². The zero-order chi connectivity index (χ0) is 22.8. The Morgan fingerprint density at radius 2 is 1.88 bits per heavy atom. The fraction of sp³-hybridized carbons (Fsp3) is 0.125. The molecule has 0 spiro atoms. The van der Waals surface area contributed by atoms with E-state index in [9.17, 15) is 19.8 Å². The molecule has 1 aromatic heterocycles. The SMILES string of the molecule is COc1ccc(Cl)cc1/C(O)=C1\C(=O)C(=O)N(Cc2ccccn2)C1c1ccc(O)cc1. The molecule has 0 radical (unpaired) electrons. The van der Waals surface area contributed by atoms with E-state index in [-0.39, 0.29) is 23.4 Å². The summed E-state index contributed by atoms with van der Waals surface area (Å²) in [5, 5.41) is 21.2. The normalized spacial score (nSPS) is 17.6. The quantitative estimate of drug-likeness (QED) is 0.345. The first-order valence-electron chi connectivity index (χ1n) is 9.72. The molecule has 1 aliphatic heterocycles. The van der Waals surface area contributed by atoms with Crippen LogP contribution in [0.25, 0.3) is 5.76 Å². The zero-order valence-electron chi connectivity index (χ0n) is 17.0. The Hall–Kier alpha value is -3.84. The molecule has 0 aliphatic carbocycles. The molecule has 0 saturated carbocycles. The number of ether oxygens (including phenoxy) is 1. The lowest BCUT2D eigenvalue weighted by atomic mass is 9.95. The number of phenolic OH excluding ortho intramolecular Hbond substituents is 1. The number of methoxy groups -OCH3 is 1. The zero-order valence-corrected chi connectivity index (χ0v) is 17.8. The average molecular weight is 451 g/mol. The van der Waals surface area contributed by atoms with Gasteiger partial charge in [0.25, 0.3) is 11.7 Å². The van der Waals surface area contributed by atoms with Crippen LogP contribution in [0, 0.1) is 0 Å². The average Bonchev–Trinajstić information content (AvgIpc) is 3.04. The number of hydrogen-bond acceptors (Lipinski definition) is 6. The molecule has 1 amide bonds. The van der Waals surface area contributed by atoms with Gasteiger partial charge in [-0.3, -0.25) is 14.6 Å². The summed E-state index contributed by atoms with van der Waals surface area (Å²) in [6.45, 7) is 0.0560. The summed E-state index contributed by atoms with van der Waals surface area (Å²) in [5.41, 5.74) is 1.22. The van der Waals surface area contributed by atoms with Gasteiger partial charge in [0.15, 0.2) is 0 Å². The van der Waals surface area contributed by atoms with Crippen LogP contribution in [-0.4, -0.2) is 38.9 Å². The van der Waals surface area contributed by atoms with Gasteiger partial charge in [-0.1, -0.05) is 29.8 Å². The van der Waals surface area contributed by atoms with Crippen LogP contribution in [-0.2, 0) is 16.1 Å². The third-order valence-electron chi connectivity index (χ3n) is 5.22. The second-order valence-electron chi connectivity index (χ2n) is 7.18. The van der Waals surface area contributed by atoms with Crippen molar-refractivity contribution in [3.8, 4) is 11.5 Å². The summed E-state index contributed by atoms with van der Waals surface area (Å²) in [6.07, 6.45) is 1.60. The number of benzene rings is 2. The van der Waals surface area contributed by atoms with E-state index in [1.54, 1.807) is 48.7 Å². The number of aromatic hydroxyl groups is 1. The number of aliphatic hydroxyl groups excluding tert-OH is 1. The van der Waals surface area contributed by atoms with Gasteiger partial charge in [0.1, 0.15) is 17.3 Å². The summed E-state index contributed by atoms with van der Waals surface area (Å²) < 4.78 is 5.32. The Morgan fingerprint density at radius 1 is 1.12 bits per heavy atom. The molecule has 162 valence electrons. The van der Waals surface area contributed by atoms with E-state index in [2.05, 4.69) is 4.98 Å². The number of aromatic nitrogens is 1. The number of ketones is 1. The van der Waals surface area contributed by atoms with E-state index in [1.807, 2.05) is 0 Å². The van der Waals surface area contributed by atoms with Crippen molar-refractivity contribution in [2.24, 2.45) is 0 Å². The highest BCUT2D eigenvalue weighted by Gasteiger charge is 2.46. The first kappa shape index (κ1) is 21.4. The number of nitrogens with zero attached hydrogens (tertiary/aromatic N) is 2. The molecule has 0 bridgehead atoms. The lowest BCUT2D eigenvalue weighted by Gasteiger charge is -2.25. The number of halogens is 1. The summed E-state index contributed by atoms with van der Waals surface area (Å²) in [6, 6.07) is 15.1. The number of amides is 1. The highest BCUT2D eigenvalue weighted by Crippen LogP contribution is 2.42. The molecule has 1 atom stereocenters. The number of phenols is 1. The Morgan fingerprint density at radius 3 is 2.53 bits per heavy atom. The maximum atomic E-state index is 13.1. The van der Waals surface area contributed by atoms with Crippen molar-refractivity contribution >= 4 is 29.1 Å². The van der Waals surface area contributed by atoms with Gasteiger partial charge in [0.2, 0.25) is 0 Å². The maximum absolute atomic E-state index is 13.1. The third-order valence-corrected chi connectivity index (χ3v) is 5.46. The lowest BCUT2D eigenvalue weighted by Crippen LogP contribution is -2.29. The first-order valence-corrected chi connectivity index (χ1v) is 10.1. The Kier molecular flexibility index (Phi) is 5.83. The number of rotatable bonds is 5. The molecule has 1 fully saturated rings. The van der Waals surface area contributed by atoms with Gasteiger partial charge in [-0.2, -0.15) is 0 Å². The van der Waals surface area contributed by atoms with Crippen molar-refractivity contribution in [1.29, 1.82) is 0 Å². The second kappa shape index (κ2) is 8.72. The minimum Gasteiger partial charge on any atom is -0.508 e. The van der Waals surface area contributed by atoms with Gasteiger partial charge >= 0.3 is 0 Å². The molecule has 4 rings (SSSR count). The second-order valence-corrected chi connectivity index (χ2v) is 7.62. The smallest absolute Gasteiger partial charge is 0.296 e. The standard InChI is InChI=1S/C24H19ClN2O5/c1-32-19-10-7-15(25)12-18(19)22(29)20-21(14-5-8-17(28)9-6-14)27(24(31)23(20)30)13-16-4-2-3-11-26-16/h2-12,21,28-29H,13H2,1H3/b22-20+. The molecular formula is C24H19ClN2O5. The van der Waals surface area contributed by atoms with E-state index in [4.69, 9.17) is 16.3 Å². The summed E-state index contributed by atoms with van der Waals surface area (Å²) >= 11 is 6.11. The van der Waals surface area contributed by atoms with Crippen molar-refractivity contribution in [1.82, 2.24) is 9.88 Å². The van der Waals surface area contributed by atoms with Gasteiger partial charge in [0.05, 0.1) is 36.5 Å². The summed E-state index contributed by atoms with van der Waals surface area (Å²) in [7, 11) is 1.43. The molecule has 2 aromatic carbocycles. The molecule has 7 nitrogen and oxygen atoms in total. The maximum Gasteiger partial charge on any atom is 0.296 e. The topological polar surface area (TPSA) is 100.0 Å². The number of aliphatic hydroxyl groups is 1. The molecule has 3 aromatic rings. The fourth-order valence-corrected chi connectivity index (χ4v) is 3.89. The highest BCUT2D eigenvalue weighted by atomic mass is 35.5. The number of pyridine rings is 1. The van der Waals surface area contributed by atoms with E-state index >= 15 is 0 Å². The van der Waals surface area contributed by atoms with Crippen LogP contribution < -0.4 is 4.74 Å². The molecular weight excluding hydrogens is 432 g/mol. The molecule has 2 N–H and O–H groups in total. The number of carbonyl (C=O) groups is 2. The molecule has 1 saturated heterocycles. The molecule has 1 unspecified atom stereocenters. The minimum absolute atomic E-state index is 0.0342. The fourth-order valence-electron chi connectivity index (χ4n) is 3.72. The summed E-state index contributed by atoms with van der Waals surface area (Å²) in [5.74, 6) is -1.67. The number of Topliss-reactive ketones (excluding diaryl/α,β-unsaturated/α-hetero) is 1. The predicted octanol–water partition coefficient (Wildman–Crippen LogP) is 4.07. The van der Waals surface area contributed by atoms with Crippen LogP contribution in [0.3, 0.4) is 0 Å². The molecule has 8 heteroatoms.